The second-order valence-corrected chi connectivity index (χ2v) is 5.28. The molecule has 102 valence electrons. The van der Waals surface area contributed by atoms with Crippen molar-refractivity contribution in [1.82, 2.24) is 15.5 Å². The van der Waals surface area contributed by atoms with Gasteiger partial charge in [-0.3, -0.25) is 0 Å². The summed E-state index contributed by atoms with van der Waals surface area (Å²) in [7, 11) is 0. The molecular weight excluding hydrogens is 306 g/mol. The van der Waals surface area contributed by atoms with Crippen molar-refractivity contribution < 1.29 is 4.42 Å². The minimum Gasteiger partial charge on any atom is -0.421 e. The van der Waals surface area contributed by atoms with Crippen molar-refractivity contribution in [2.75, 3.05) is 13.1 Å². The molecule has 0 radical (unpaired) electrons. The van der Waals surface area contributed by atoms with E-state index < -0.39 is 0 Å². The number of nitrogens with zero attached hydrogens (tertiary/aromatic N) is 2. The maximum Gasteiger partial charge on any atom is 0.247 e. The van der Waals surface area contributed by atoms with Gasteiger partial charge in [-0.2, -0.15) is 0 Å². The number of hydrogen-bond donors (Lipinski definition) is 1. The summed E-state index contributed by atoms with van der Waals surface area (Å²) in [5.41, 5.74) is 0.950. The van der Waals surface area contributed by atoms with E-state index >= 15 is 0 Å². The molecule has 0 fully saturated rings. The standard InChI is InChI=1S/C14H18BrN3O/c1-2-9-16-10-3-4-13-17-18-14(19-13)11-5-7-12(15)8-6-11/h5-8,16H,2-4,9-10H2,1H3. The predicted octanol–water partition coefficient (Wildman–Crippen LogP) is 3.43. The van der Waals surface area contributed by atoms with Gasteiger partial charge in [0.25, 0.3) is 0 Å². The molecule has 0 amide bonds. The molecule has 0 atom stereocenters. The number of nitrogens with one attached hydrogen (secondary N) is 1. The first-order chi connectivity index (χ1) is 9.29. The van der Waals surface area contributed by atoms with Crippen LogP contribution in [0.15, 0.2) is 33.2 Å². The third-order valence-electron chi connectivity index (χ3n) is 2.73. The summed E-state index contributed by atoms with van der Waals surface area (Å²) in [6.07, 6.45) is 3.00. The summed E-state index contributed by atoms with van der Waals surface area (Å²) >= 11 is 3.40. The molecule has 0 spiro atoms. The largest absolute Gasteiger partial charge is 0.421 e. The Bertz CT molecular complexity index is 496. The van der Waals surface area contributed by atoms with Gasteiger partial charge in [-0.15, -0.1) is 10.2 Å². The lowest BCUT2D eigenvalue weighted by molar-refractivity contribution is 0.491. The monoisotopic (exact) mass is 323 g/mol. The van der Waals surface area contributed by atoms with Crippen molar-refractivity contribution in [2.24, 2.45) is 0 Å². The van der Waals surface area contributed by atoms with E-state index in [1.165, 1.54) is 0 Å². The fourth-order valence-electron chi connectivity index (χ4n) is 1.73. The molecule has 0 aliphatic carbocycles. The Balaban J connectivity index is 1.86. The first-order valence-corrected chi connectivity index (χ1v) is 7.38. The zero-order chi connectivity index (χ0) is 13.5. The van der Waals surface area contributed by atoms with Gasteiger partial charge in [0.15, 0.2) is 0 Å². The molecule has 19 heavy (non-hydrogen) atoms. The van der Waals surface area contributed by atoms with Gasteiger partial charge in [0, 0.05) is 16.5 Å². The Labute approximate surface area is 121 Å². The summed E-state index contributed by atoms with van der Waals surface area (Å²) < 4.78 is 6.69. The number of hydrogen-bond acceptors (Lipinski definition) is 4. The number of rotatable bonds is 7. The molecule has 0 bridgehead atoms. The maximum absolute atomic E-state index is 5.65. The van der Waals surface area contributed by atoms with Gasteiger partial charge < -0.3 is 9.73 Å². The molecule has 0 unspecified atom stereocenters. The average Bonchev–Trinajstić information content (AvgIpc) is 2.88. The number of halogens is 1. The van der Waals surface area contributed by atoms with Gasteiger partial charge in [0.05, 0.1) is 0 Å². The first kappa shape index (κ1) is 14.2. The van der Waals surface area contributed by atoms with Crippen LogP contribution >= 0.6 is 15.9 Å². The highest BCUT2D eigenvalue weighted by atomic mass is 79.9. The van der Waals surface area contributed by atoms with E-state index in [2.05, 4.69) is 38.4 Å². The van der Waals surface area contributed by atoms with E-state index in [0.717, 1.165) is 42.4 Å². The highest BCUT2D eigenvalue weighted by molar-refractivity contribution is 9.10. The van der Waals surface area contributed by atoms with Crippen LogP contribution in [0, 0.1) is 0 Å². The highest BCUT2D eigenvalue weighted by Crippen LogP contribution is 2.20. The molecule has 5 heteroatoms. The summed E-state index contributed by atoms with van der Waals surface area (Å²) in [5.74, 6) is 1.29. The molecule has 1 heterocycles. The fraction of sp³-hybridized carbons (Fsp3) is 0.429. The number of benzene rings is 1. The molecule has 2 rings (SSSR count). The van der Waals surface area contributed by atoms with Gasteiger partial charge in [0.2, 0.25) is 11.8 Å². The quantitative estimate of drug-likeness (QED) is 0.793. The Hall–Kier alpha value is -1.20. The van der Waals surface area contributed by atoms with E-state index in [4.69, 9.17) is 4.42 Å². The molecule has 0 saturated heterocycles. The van der Waals surface area contributed by atoms with Gasteiger partial charge in [-0.05, 0) is 50.2 Å². The summed E-state index contributed by atoms with van der Waals surface area (Å²) in [4.78, 5) is 0. The first-order valence-electron chi connectivity index (χ1n) is 6.58. The second-order valence-electron chi connectivity index (χ2n) is 4.36. The molecular formula is C14H18BrN3O. The van der Waals surface area contributed by atoms with Crippen molar-refractivity contribution in [2.45, 2.75) is 26.2 Å². The van der Waals surface area contributed by atoms with Crippen LogP contribution in [0.3, 0.4) is 0 Å². The van der Waals surface area contributed by atoms with Crippen molar-refractivity contribution in [3.8, 4) is 11.5 Å². The van der Waals surface area contributed by atoms with Crippen molar-refractivity contribution in [3.63, 3.8) is 0 Å². The lowest BCUT2D eigenvalue weighted by atomic mass is 10.2. The molecule has 0 aliphatic heterocycles. The molecule has 0 aliphatic rings. The van der Waals surface area contributed by atoms with Crippen LogP contribution in [-0.4, -0.2) is 23.3 Å². The van der Waals surface area contributed by atoms with Gasteiger partial charge in [-0.25, -0.2) is 0 Å². The maximum atomic E-state index is 5.65. The normalized spacial score (nSPS) is 10.8. The summed E-state index contributed by atoms with van der Waals surface area (Å²) in [6.45, 7) is 4.22. The van der Waals surface area contributed by atoms with Crippen LogP contribution in [0.4, 0.5) is 0 Å². The lowest BCUT2D eigenvalue weighted by Gasteiger charge is -1.99. The topological polar surface area (TPSA) is 51.0 Å². The number of aromatic nitrogens is 2. The molecule has 2 aromatic rings. The van der Waals surface area contributed by atoms with Crippen LogP contribution < -0.4 is 5.32 Å². The van der Waals surface area contributed by atoms with Gasteiger partial charge >= 0.3 is 0 Å². The molecule has 1 aromatic heterocycles. The van der Waals surface area contributed by atoms with E-state index in [1.807, 2.05) is 24.3 Å². The molecule has 0 saturated carbocycles. The zero-order valence-corrected chi connectivity index (χ0v) is 12.6. The third-order valence-corrected chi connectivity index (χ3v) is 3.26. The Morgan fingerprint density at radius 3 is 2.68 bits per heavy atom. The number of aryl methyl sites for hydroxylation is 1. The van der Waals surface area contributed by atoms with Crippen LogP contribution in [0.5, 0.6) is 0 Å². The van der Waals surface area contributed by atoms with E-state index in [-0.39, 0.29) is 0 Å². The molecule has 1 N–H and O–H groups in total. The Morgan fingerprint density at radius 1 is 1.16 bits per heavy atom. The van der Waals surface area contributed by atoms with E-state index in [9.17, 15) is 0 Å². The highest BCUT2D eigenvalue weighted by Gasteiger charge is 2.07. The molecule has 1 aromatic carbocycles. The van der Waals surface area contributed by atoms with Crippen LogP contribution in [0.25, 0.3) is 11.5 Å². The van der Waals surface area contributed by atoms with Crippen molar-refractivity contribution in [3.05, 3.63) is 34.6 Å². The Morgan fingerprint density at radius 2 is 1.95 bits per heavy atom. The average molecular weight is 324 g/mol. The van der Waals surface area contributed by atoms with E-state index in [1.54, 1.807) is 0 Å². The minimum atomic E-state index is 0.587. The second kappa shape index (κ2) is 7.40. The smallest absolute Gasteiger partial charge is 0.247 e. The Kier molecular flexibility index (Phi) is 5.54. The minimum absolute atomic E-state index is 0.587. The van der Waals surface area contributed by atoms with Crippen LogP contribution in [-0.2, 0) is 6.42 Å². The zero-order valence-electron chi connectivity index (χ0n) is 11.0. The summed E-state index contributed by atoms with van der Waals surface area (Å²) in [5, 5.41) is 11.5. The van der Waals surface area contributed by atoms with Crippen molar-refractivity contribution in [1.29, 1.82) is 0 Å². The molecule has 4 nitrogen and oxygen atoms in total. The van der Waals surface area contributed by atoms with Crippen molar-refractivity contribution >= 4 is 15.9 Å². The predicted molar refractivity (Wildman–Crippen MR) is 78.9 cm³/mol. The third kappa shape index (κ3) is 4.44. The van der Waals surface area contributed by atoms with Gasteiger partial charge in [0.1, 0.15) is 0 Å². The SMILES string of the molecule is CCCNCCCc1nnc(-c2ccc(Br)cc2)o1. The van der Waals surface area contributed by atoms with Crippen LogP contribution in [0.1, 0.15) is 25.7 Å². The summed E-state index contributed by atoms with van der Waals surface area (Å²) in [6, 6.07) is 7.86. The lowest BCUT2D eigenvalue weighted by Crippen LogP contribution is -2.16. The van der Waals surface area contributed by atoms with Crippen LogP contribution in [0.2, 0.25) is 0 Å². The fourth-order valence-corrected chi connectivity index (χ4v) is 1.99. The van der Waals surface area contributed by atoms with Gasteiger partial charge in [-0.1, -0.05) is 22.9 Å². The van der Waals surface area contributed by atoms with E-state index in [0.29, 0.717) is 11.8 Å².